The molecule has 0 aliphatic heterocycles. The second-order valence-electron chi connectivity index (χ2n) is 3.90. The highest BCUT2D eigenvalue weighted by atomic mass is 16.6. The standard InChI is InChI=1S/C15H12NO2/c1-2-17-15-14(16-10-18-15)13-9-5-7-11-6-3-4-8-12(11)13/h3-9H,2H2,1H3. The molecule has 1 radical (unpaired) electrons. The smallest absolute Gasteiger partial charge is 0.314 e. The molecule has 0 fully saturated rings. The summed E-state index contributed by atoms with van der Waals surface area (Å²) in [5, 5.41) is 2.30. The van der Waals surface area contributed by atoms with E-state index < -0.39 is 0 Å². The summed E-state index contributed by atoms with van der Waals surface area (Å²) in [7, 11) is 0. The Bertz CT molecular complexity index is 668. The van der Waals surface area contributed by atoms with Crippen molar-refractivity contribution in [3.05, 3.63) is 48.9 Å². The van der Waals surface area contributed by atoms with Gasteiger partial charge in [0.25, 0.3) is 6.39 Å². The van der Waals surface area contributed by atoms with Crippen molar-refractivity contribution in [2.24, 2.45) is 0 Å². The summed E-state index contributed by atoms with van der Waals surface area (Å²) in [5.74, 6) is 0.425. The average molecular weight is 238 g/mol. The lowest BCUT2D eigenvalue weighted by molar-refractivity contribution is 0.257. The van der Waals surface area contributed by atoms with Crippen molar-refractivity contribution in [1.82, 2.24) is 4.98 Å². The van der Waals surface area contributed by atoms with Gasteiger partial charge in [-0.05, 0) is 17.7 Å². The molecule has 0 bridgehead atoms. The Kier molecular flexibility index (Phi) is 2.73. The number of ether oxygens (including phenoxy) is 1. The van der Waals surface area contributed by atoms with Crippen molar-refractivity contribution in [3.63, 3.8) is 0 Å². The van der Waals surface area contributed by atoms with Gasteiger partial charge in [0.15, 0.2) is 5.69 Å². The van der Waals surface area contributed by atoms with Gasteiger partial charge in [-0.25, -0.2) is 4.98 Å². The Balaban J connectivity index is 2.22. The van der Waals surface area contributed by atoms with Crippen molar-refractivity contribution >= 4 is 10.8 Å². The van der Waals surface area contributed by atoms with Crippen LogP contribution in [0.4, 0.5) is 0 Å². The summed E-state index contributed by atoms with van der Waals surface area (Å²) in [6.07, 6.45) is 2.50. The summed E-state index contributed by atoms with van der Waals surface area (Å²) >= 11 is 0. The molecule has 18 heavy (non-hydrogen) atoms. The Morgan fingerprint density at radius 2 is 2.00 bits per heavy atom. The van der Waals surface area contributed by atoms with Crippen LogP contribution in [-0.2, 0) is 0 Å². The molecule has 3 aromatic rings. The third kappa shape index (κ3) is 1.74. The van der Waals surface area contributed by atoms with Gasteiger partial charge in [-0.15, -0.1) is 0 Å². The molecule has 0 unspecified atom stereocenters. The van der Waals surface area contributed by atoms with Crippen LogP contribution in [0.25, 0.3) is 22.0 Å². The molecule has 89 valence electrons. The largest absolute Gasteiger partial charge is 0.464 e. The van der Waals surface area contributed by atoms with E-state index in [9.17, 15) is 0 Å². The maximum atomic E-state index is 5.42. The van der Waals surface area contributed by atoms with E-state index in [2.05, 4.69) is 29.6 Å². The minimum Gasteiger partial charge on any atom is -0.464 e. The van der Waals surface area contributed by atoms with Crippen LogP contribution in [0.2, 0.25) is 0 Å². The summed E-state index contributed by atoms with van der Waals surface area (Å²) < 4.78 is 10.6. The predicted molar refractivity (Wildman–Crippen MR) is 69.5 cm³/mol. The van der Waals surface area contributed by atoms with E-state index in [1.54, 1.807) is 0 Å². The van der Waals surface area contributed by atoms with E-state index in [1.165, 1.54) is 5.39 Å². The third-order valence-electron chi connectivity index (χ3n) is 2.81. The highest BCUT2D eigenvalue weighted by Crippen LogP contribution is 2.33. The van der Waals surface area contributed by atoms with Gasteiger partial charge in [-0.1, -0.05) is 42.5 Å². The minimum atomic E-state index is 0.425. The molecule has 3 heteroatoms. The van der Waals surface area contributed by atoms with Gasteiger partial charge in [0.2, 0.25) is 0 Å². The van der Waals surface area contributed by atoms with E-state index in [0.29, 0.717) is 18.2 Å². The van der Waals surface area contributed by atoms with E-state index in [-0.39, 0.29) is 0 Å². The van der Waals surface area contributed by atoms with Crippen LogP contribution in [0.3, 0.4) is 0 Å². The fraction of sp³-hybridized carbons (Fsp3) is 0.133. The highest BCUT2D eigenvalue weighted by molar-refractivity contribution is 5.96. The van der Waals surface area contributed by atoms with Crippen molar-refractivity contribution in [2.75, 3.05) is 6.61 Å². The molecular formula is C15H12NO2. The molecule has 0 atom stereocenters. The summed E-state index contributed by atoms with van der Waals surface area (Å²) in [5.41, 5.74) is 1.70. The number of nitrogens with zero attached hydrogens (tertiary/aromatic N) is 1. The third-order valence-corrected chi connectivity index (χ3v) is 2.81. The number of oxazole rings is 1. The molecule has 0 saturated heterocycles. The first-order valence-corrected chi connectivity index (χ1v) is 5.88. The first-order valence-electron chi connectivity index (χ1n) is 5.88. The van der Waals surface area contributed by atoms with Gasteiger partial charge < -0.3 is 9.15 Å². The predicted octanol–water partition coefficient (Wildman–Crippen LogP) is 3.69. The first-order chi connectivity index (χ1) is 8.90. The lowest BCUT2D eigenvalue weighted by Gasteiger charge is -2.05. The zero-order chi connectivity index (χ0) is 12.4. The fourth-order valence-electron chi connectivity index (χ4n) is 2.03. The van der Waals surface area contributed by atoms with Crippen LogP contribution >= 0.6 is 0 Å². The Morgan fingerprint density at radius 3 is 2.89 bits per heavy atom. The zero-order valence-corrected chi connectivity index (χ0v) is 10.0. The van der Waals surface area contributed by atoms with Gasteiger partial charge in [0.1, 0.15) is 0 Å². The van der Waals surface area contributed by atoms with Crippen LogP contribution in [0.5, 0.6) is 5.95 Å². The molecule has 1 heterocycles. The van der Waals surface area contributed by atoms with Gasteiger partial charge in [-0.3, -0.25) is 0 Å². The molecule has 2 aromatic carbocycles. The van der Waals surface area contributed by atoms with Crippen LogP contribution in [-0.4, -0.2) is 11.6 Å². The fourth-order valence-corrected chi connectivity index (χ4v) is 2.03. The maximum Gasteiger partial charge on any atom is 0.314 e. The zero-order valence-electron chi connectivity index (χ0n) is 10.0. The van der Waals surface area contributed by atoms with Crippen LogP contribution in [0, 0.1) is 6.39 Å². The van der Waals surface area contributed by atoms with E-state index in [0.717, 1.165) is 10.9 Å². The van der Waals surface area contributed by atoms with Crippen molar-refractivity contribution < 1.29 is 9.15 Å². The number of aromatic nitrogens is 1. The quantitative estimate of drug-likeness (QED) is 0.698. The van der Waals surface area contributed by atoms with Gasteiger partial charge in [0, 0.05) is 5.56 Å². The normalized spacial score (nSPS) is 10.7. The molecule has 3 nitrogen and oxygen atoms in total. The minimum absolute atomic E-state index is 0.425. The Morgan fingerprint density at radius 1 is 1.17 bits per heavy atom. The van der Waals surface area contributed by atoms with Crippen LogP contribution in [0.15, 0.2) is 46.9 Å². The van der Waals surface area contributed by atoms with E-state index in [1.807, 2.05) is 31.2 Å². The molecule has 0 aliphatic carbocycles. The number of hydrogen-bond acceptors (Lipinski definition) is 3. The lowest BCUT2D eigenvalue weighted by Crippen LogP contribution is -1.92. The summed E-state index contributed by atoms with van der Waals surface area (Å²) in [4.78, 5) is 4.14. The Hall–Kier alpha value is -2.29. The monoisotopic (exact) mass is 238 g/mol. The molecule has 0 amide bonds. The SMILES string of the molecule is CCOc1o[c]nc1-c1cccc2ccccc12. The van der Waals surface area contributed by atoms with Gasteiger partial charge >= 0.3 is 5.95 Å². The van der Waals surface area contributed by atoms with Crippen molar-refractivity contribution in [3.8, 4) is 17.2 Å². The maximum absolute atomic E-state index is 5.42. The molecule has 0 aliphatic rings. The second-order valence-corrected chi connectivity index (χ2v) is 3.90. The summed E-state index contributed by atoms with van der Waals surface area (Å²) in [6, 6.07) is 14.3. The van der Waals surface area contributed by atoms with E-state index >= 15 is 0 Å². The van der Waals surface area contributed by atoms with Crippen molar-refractivity contribution in [1.29, 1.82) is 0 Å². The molecule has 3 rings (SSSR count). The average Bonchev–Trinajstić information content (AvgIpc) is 2.87. The number of fused-ring (bicyclic) bond motifs is 1. The van der Waals surface area contributed by atoms with Gasteiger partial charge in [0.05, 0.1) is 6.61 Å². The van der Waals surface area contributed by atoms with Crippen LogP contribution in [0.1, 0.15) is 6.92 Å². The number of rotatable bonds is 3. The molecular weight excluding hydrogens is 226 g/mol. The second kappa shape index (κ2) is 4.53. The van der Waals surface area contributed by atoms with E-state index in [4.69, 9.17) is 9.15 Å². The molecule has 0 saturated carbocycles. The molecule has 1 aromatic heterocycles. The van der Waals surface area contributed by atoms with Crippen molar-refractivity contribution in [2.45, 2.75) is 6.92 Å². The van der Waals surface area contributed by atoms with Gasteiger partial charge in [-0.2, -0.15) is 0 Å². The summed E-state index contributed by atoms with van der Waals surface area (Å²) in [6.45, 7) is 2.45. The Labute approximate surface area is 105 Å². The lowest BCUT2D eigenvalue weighted by atomic mass is 10.0. The van der Waals surface area contributed by atoms with Crippen LogP contribution < -0.4 is 4.74 Å². The highest BCUT2D eigenvalue weighted by Gasteiger charge is 2.14. The molecule has 0 N–H and O–H groups in total. The topological polar surface area (TPSA) is 35.3 Å². The first kappa shape index (κ1) is 10.8. The number of hydrogen-bond donors (Lipinski definition) is 0. The number of benzene rings is 2. The molecule has 0 spiro atoms.